The lowest BCUT2D eigenvalue weighted by molar-refractivity contribution is 0.354. The molecule has 1 aliphatic heterocycles. The minimum absolute atomic E-state index is 0. The molecular weight excluding hydrogens is 376 g/mol. The van der Waals surface area contributed by atoms with Gasteiger partial charge in [0, 0.05) is 18.7 Å². The molecule has 0 amide bonds. The summed E-state index contributed by atoms with van der Waals surface area (Å²) in [6, 6.07) is 12.6. The maximum atomic E-state index is 12.6. The summed E-state index contributed by atoms with van der Waals surface area (Å²) >= 11 is 0. The molecule has 0 radical (unpaired) electrons. The highest BCUT2D eigenvalue weighted by Crippen LogP contribution is 2.29. The lowest BCUT2D eigenvalue weighted by atomic mass is 9.95. The number of sulfonamides is 1. The minimum Gasteiger partial charge on any atom is -0.493 e. The van der Waals surface area contributed by atoms with Crippen molar-refractivity contribution in [1.82, 2.24) is 10.0 Å². The van der Waals surface area contributed by atoms with Crippen molar-refractivity contribution in [2.75, 3.05) is 27.3 Å². The molecule has 0 aromatic heterocycles. The van der Waals surface area contributed by atoms with Gasteiger partial charge in [-0.15, -0.1) is 12.4 Å². The molecule has 1 atom stereocenters. The molecule has 2 N–H and O–H groups in total. The van der Waals surface area contributed by atoms with Crippen LogP contribution in [0.4, 0.5) is 0 Å². The normalized spacial score (nSPS) is 16.3. The van der Waals surface area contributed by atoms with E-state index in [0.29, 0.717) is 11.5 Å². The fraction of sp³-hybridized carbons (Fsp3) is 0.333. The smallest absolute Gasteiger partial charge is 0.240 e. The first-order valence-corrected chi connectivity index (χ1v) is 9.56. The highest BCUT2D eigenvalue weighted by atomic mass is 35.5. The first-order valence-electron chi connectivity index (χ1n) is 8.08. The predicted molar refractivity (Wildman–Crippen MR) is 103 cm³/mol. The van der Waals surface area contributed by atoms with E-state index in [0.717, 1.165) is 18.5 Å². The summed E-state index contributed by atoms with van der Waals surface area (Å²) < 4.78 is 38.3. The number of hydrogen-bond acceptors (Lipinski definition) is 5. The number of hydrogen-bond donors (Lipinski definition) is 2. The first kappa shape index (κ1) is 20.5. The van der Waals surface area contributed by atoms with Crippen molar-refractivity contribution in [3.05, 3.63) is 53.6 Å². The second-order valence-electron chi connectivity index (χ2n) is 5.82. The van der Waals surface area contributed by atoms with Crippen LogP contribution in [0.15, 0.2) is 47.4 Å². The van der Waals surface area contributed by atoms with Crippen LogP contribution in [0.5, 0.6) is 11.5 Å². The van der Waals surface area contributed by atoms with Crippen LogP contribution < -0.4 is 19.5 Å². The van der Waals surface area contributed by atoms with E-state index >= 15 is 0 Å². The van der Waals surface area contributed by atoms with E-state index in [1.54, 1.807) is 6.07 Å². The Labute approximate surface area is 160 Å². The SMILES string of the molecule is COc1ccc(S(=O)(=O)NCC2NCCc3ccccc32)cc1OC.Cl. The number of methoxy groups -OCH3 is 2. The van der Waals surface area contributed by atoms with Gasteiger partial charge in [-0.1, -0.05) is 24.3 Å². The van der Waals surface area contributed by atoms with Crippen LogP contribution in [-0.2, 0) is 16.4 Å². The fourth-order valence-corrected chi connectivity index (χ4v) is 4.10. The molecule has 0 spiro atoms. The van der Waals surface area contributed by atoms with Crippen LogP contribution in [0, 0.1) is 0 Å². The maximum absolute atomic E-state index is 12.6. The van der Waals surface area contributed by atoms with E-state index < -0.39 is 10.0 Å². The minimum atomic E-state index is -3.65. The molecular formula is C18H23ClN2O4S. The molecule has 1 unspecified atom stereocenters. The lowest BCUT2D eigenvalue weighted by Gasteiger charge is -2.27. The van der Waals surface area contributed by atoms with Crippen LogP contribution in [0.2, 0.25) is 0 Å². The van der Waals surface area contributed by atoms with E-state index in [2.05, 4.69) is 16.1 Å². The Hall–Kier alpha value is -1.80. The van der Waals surface area contributed by atoms with Gasteiger partial charge < -0.3 is 14.8 Å². The van der Waals surface area contributed by atoms with Gasteiger partial charge in [0.15, 0.2) is 11.5 Å². The van der Waals surface area contributed by atoms with E-state index in [-0.39, 0.29) is 29.9 Å². The summed E-state index contributed by atoms with van der Waals surface area (Å²) in [5.74, 6) is 0.871. The van der Waals surface area contributed by atoms with Gasteiger partial charge in [-0.2, -0.15) is 0 Å². The number of benzene rings is 2. The van der Waals surface area contributed by atoms with E-state index in [9.17, 15) is 8.42 Å². The maximum Gasteiger partial charge on any atom is 0.240 e. The highest BCUT2D eigenvalue weighted by Gasteiger charge is 2.23. The summed E-state index contributed by atoms with van der Waals surface area (Å²) in [7, 11) is -0.658. The fourth-order valence-electron chi connectivity index (χ4n) is 3.04. The molecule has 6 nitrogen and oxygen atoms in total. The monoisotopic (exact) mass is 398 g/mol. The summed E-state index contributed by atoms with van der Waals surface area (Å²) in [4.78, 5) is 0.147. The third kappa shape index (κ3) is 4.29. The summed E-state index contributed by atoms with van der Waals surface area (Å²) in [5.41, 5.74) is 2.40. The molecule has 26 heavy (non-hydrogen) atoms. The third-order valence-corrected chi connectivity index (χ3v) is 5.78. The van der Waals surface area contributed by atoms with Crippen LogP contribution in [0.25, 0.3) is 0 Å². The zero-order valence-electron chi connectivity index (χ0n) is 14.7. The summed E-state index contributed by atoms with van der Waals surface area (Å²) in [6.45, 7) is 1.12. The Morgan fingerprint density at radius 3 is 2.58 bits per heavy atom. The average molecular weight is 399 g/mol. The molecule has 0 fully saturated rings. The van der Waals surface area contributed by atoms with Crippen LogP contribution in [0.3, 0.4) is 0 Å². The van der Waals surface area contributed by atoms with Gasteiger partial charge in [0.05, 0.1) is 19.1 Å². The molecule has 0 bridgehead atoms. The largest absolute Gasteiger partial charge is 0.493 e. The van der Waals surface area contributed by atoms with Gasteiger partial charge in [-0.3, -0.25) is 0 Å². The van der Waals surface area contributed by atoms with Crippen LogP contribution >= 0.6 is 12.4 Å². The van der Waals surface area contributed by atoms with Crippen LogP contribution in [-0.4, -0.2) is 35.7 Å². The van der Waals surface area contributed by atoms with Gasteiger partial charge in [0.2, 0.25) is 10.0 Å². The molecule has 8 heteroatoms. The van der Waals surface area contributed by atoms with Crippen LogP contribution in [0.1, 0.15) is 17.2 Å². The standard InChI is InChI=1S/C18H22N2O4S.ClH/c1-23-17-8-7-14(11-18(17)24-2)25(21,22)20-12-16-15-6-4-3-5-13(15)9-10-19-16;/h3-8,11,16,19-20H,9-10,12H2,1-2H3;1H. The quantitative estimate of drug-likeness (QED) is 0.780. The average Bonchev–Trinajstić information content (AvgIpc) is 2.65. The number of rotatable bonds is 6. The molecule has 1 aliphatic rings. The molecule has 2 aromatic carbocycles. The third-order valence-electron chi connectivity index (χ3n) is 4.36. The lowest BCUT2D eigenvalue weighted by Crippen LogP contribution is -2.38. The zero-order chi connectivity index (χ0) is 17.9. The molecule has 0 saturated heterocycles. The van der Waals surface area contributed by atoms with Gasteiger partial charge in [-0.25, -0.2) is 13.1 Å². The molecule has 1 heterocycles. The zero-order valence-corrected chi connectivity index (χ0v) is 16.3. The molecule has 142 valence electrons. The van der Waals surface area contributed by atoms with Crippen molar-refractivity contribution >= 4 is 22.4 Å². The second-order valence-corrected chi connectivity index (χ2v) is 7.59. The highest BCUT2D eigenvalue weighted by molar-refractivity contribution is 7.89. The van der Waals surface area contributed by atoms with Crippen molar-refractivity contribution in [2.45, 2.75) is 17.4 Å². The summed E-state index contributed by atoms with van der Waals surface area (Å²) in [6.07, 6.45) is 0.953. The Balaban J connectivity index is 0.00000243. The predicted octanol–water partition coefficient (Wildman–Crippen LogP) is 2.29. The number of nitrogens with one attached hydrogen (secondary N) is 2. The summed E-state index contributed by atoms with van der Waals surface area (Å²) in [5, 5.41) is 3.37. The molecule has 2 aromatic rings. The topological polar surface area (TPSA) is 76.7 Å². The van der Waals surface area contributed by atoms with Crippen molar-refractivity contribution < 1.29 is 17.9 Å². The van der Waals surface area contributed by atoms with Crippen molar-refractivity contribution in [1.29, 1.82) is 0 Å². The van der Waals surface area contributed by atoms with Crippen molar-refractivity contribution in [3.63, 3.8) is 0 Å². The number of halogens is 1. The molecule has 0 aliphatic carbocycles. The van der Waals surface area contributed by atoms with Gasteiger partial charge in [0.1, 0.15) is 0 Å². The van der Waals surface area contributed by atoms with Gasteiger partial charge in [-0.05, 0) is 36.2 Å². The van der Waals surface area contributed by atoms with Gasteiger partial charge in [0.25, 0.3) is 0 Å². The Morgan fingerprint density at radius 1 is 1.12 bits per heavy atom. The van der Waals surface area contributed by atoms with Gasteiger partial charge >= 0.3 is 0 Å². The Bertz CT molecular complexity index is 858. The second kappa shape index (κ2) is 8.73. The van der Waals surface area contributed by atoms with Crippen molar-refractivity contribution in [2.24, 2.45) is 0 Å². The Kier molecular flexibility index (Phi) is 6.88. The first-order chi connectivity index (χ1) is 12.0. The molecule has 3 rings (SSSR count). The number of ether oxygens (including phenoxy) is 2. The van der Waals surface area contributed by atoms with E-state index in [4.69, 9.17) is 9.47 Å². The number of fused-ring (bicyclic) bond motifs is 1. The van der Waals surface area contributed by atoms with Crippen molar-refractivity contribution in [3.8, 4) is 11.5 Å². The Morgan fingerprint density at radius 2 is 1.85 bits per heavy atom. The van der Waals surface area contributed by atoms with E-state index in [1.807, 2.05) is 18.2 Å². The van der Waals surface area contributed by atoms with E-state index in [1.165, 1.54) is 31.9 Å². The molecule has 0 saturated carbocycles.